The van der Waals surface area contributed by atoms with Crippen molar-refractivity contribution in [2.45, 2.75) is 17.7 Å². The van der Waals surface area contributed by atoms with Crippen LogP contribution in [0, 0.1) is 3.57 Å². The first-order valence-electron chi connectivity index (χ1n) is 6.65. The number of benzene rings is 2. The van der Waals surface area contributed by atoms with Gasteiger partial charge in [-0.05, 0) is 71.0 Å². The van der Waals surface area contributed by atoms with E-state index in [1.54, 1.807) is 30.3 Å². The fourth-order valence-electron chi connectivity index (χ4n) is 2.29. The lowest BCUT2D eigenvalue weighted by Gasteiger charge is -2.18. The van der Waals surface area contributed by atoms with E-state index in [2.05, 4.69) is 32.6 Å². The van der Waals surface area contributed by atoms with Gasteiger partial charge in [0.1, 0.15) is 0 Å². The fourth-order valence-corrected chi connectivity index (χ4v) is 3.94. The third-order valence-corrected chi connectivity index (χ3v) is 5.41. The molecule has 1 aliphatic heterocycles. The maximum Gasteiger partial charge on any atom is 0.261 e. The molecular weight excluding hydrogens is 415 g/mol. The predicted octanol–water partition coefficient (Wildman–Crippen LogP) is 2.98. The van der Waals surface area contributed by atoms with E-state index in [1.807, 2.05) is 6.07 Å². The van der Waals surface area contributed by atoms with Gasteiger partial charge in [-0.1, -0.05) is 6.07 Å². The average Bonchev–Trinajstić information content (AvgIpc) is 2.46. The molecule has 0 spiro atoms. The molecule has 5 nitrogen and oxygen atoms in total. The molecule has 0 radical (unpaired) electrons. The van der Waals surface area contributed by atoms with Gasteiger partial charge in [0.05, 0.1) is 4.90 Å². The minimum absolute atomic E-state index is 0.0416. The zero-order valence-corrected chi connectivity index (χ0v) is 14.4. The number of sulfonamides is 1. The summed E-state index contributed by atoms with van der Waals surface area (Å²) in [5, 5.41) is 2.74. The van der Waals surface area contributed by atoms with Crippen LogP contribution in [0.5, 0.6) is 0 Å². The highest BCUT2D eigenvalue weighted by Gasteiger charge is 2.20. The molecule has 0 aromatic heterocycles. The standard InChI is InChI=1S/C15H13IN2O3S/c16-11-2-1-3-12(9-11)18-22(20,21)13-5-6-14-10(8-13)4-7-15(19)17-14/h1-3,5-6,8-9,18H,4,7H2,(H,17,19). The van der Waals surface area contributed by atoms with Crippen molar-refractivity contribution in [1.29, 1.82) is 0 Å². The summed E-state index contributed by atoms with van der Waals surface area (Å²) in [5.41, 5.74) is 2.05. The molecule has 0 unspecified atom stereocenters. The predicted molar refractivity (Wildman–Crippen MR) is 93.4 cm³/mol. The Balaban J connectivity index is 1.91. The van der Waals surface area contributed by atoms with Crippen LogP contribution in [-0.4, -0.2) is 14.3 Å². The SMILES string of the molecule is O=C1CCc2cc(S(=O)(=O)Nc3cccc(I)c3)ccc2N1. The summed E-state index contributed by atoms with van der Waals surface area (Å²) in [5.74, 6) is -0.0416. The topological polar surface area (TPSA) is 75.3 Å². The summed E-state index contributed by atoms with van der Waals surface area (Å²) in [4.78, 5) is 11.5. The molecule has 2 aromatic rings. The molecule has 0 aliphatic carbocycles. The Morgan fingerprint density at radius 2 is 1.91 bits per heavy atom. The van der Waals surface area contributed by atoms with Gasteiger partial charge in [-0.3, -0.25) is 9.52 Å². The molecule has 0 fully saturated rings. The highest BCUT2D eigenvalue weighted by molar-refractivity contribution is 14.1. The van der Waals surface area contributed by atoms with E-state index in [4.69, 9.17) is 0 Å². The summed E-state index contributed by atoms with van der Waals surface area (Å²) in [6, 6.07) is 11.9. The van der Waals surface area contributed by atoms with Crippen LogP contribution in [0.1, 0.15) is 12.0 Å². The first-order chi connectivity index (χ1) is 10.4. The Bertz CT molecular complexity index is 850. The summed E-state index contributed by atoms with van der Waals surface area (Å²) < 4.78 is 28.4. The monoisotopic (exact) mass is 428 g/mol. The first kappa shape index (κ1) is 15.3. The number of carbonyl (C=O) groups is 1. The lowest BCUT2D eigenvalue weighted by molar-refractivity contribution is -0.116. The highest BCUT2D eigenvalue weighted by atomic mass is 127. The van der Waals surface area contributed by atoms with Gasteiger partial charge in [0.2, 0.25) is 5.91 Å². The molecule has 0 saturated heterocycles. The number of hydrogen-bond acceptors (Lipinski definition) is 3. The zero-order chi connectivity index (χ0) is 15.7. The summed E-state index contributed by atoms with van der Waals surface area (Å²) in [6.07, 6.45) is 0.925. The van der Waals surface area contributed by atoms with E-state index < -0.39 is 10.0 Å². The van der Waals surface area contributed by atoms with Crippen molar-refractivity contribution in [2.24, 2.45) is 0 Å². The molecule has 0 saturated carbocycles. The molecule has 0 bridgehead atoms. The van der Waals surface area contributed by atoms with Crippen molar-refractivity contribution in [3.05, 3.63) is 51.6 Å². The molecule has 2 N–H and O–H groups in total. The lowest BCUT2D eigenvalue weighted by atomic mass is 10.0. The zero-order valence-electron chi connectivity index (χ0n) is 11.5. The lowest BCUT2D eigenvalue weighted by Crippen LogP contribution is -2.20. The number of amides is 1. The van der Waals surface area contributed by atoms with E-state index in [9.17, 15) is 13.2 Å². The molecule has 0 atom stereocenters. The first-order valence-corrected chi connectivity index (χ1v) is 9.21. The average molecular weight is 428 g/mol. The maximum absolute atomic E-state index is 12.5. The molecule has 1 aliphatic rings. The van der Waals surface area contributed by atoms with E-state index in [-0.39, 0.29) is 10.8 Å². The number of rotatable bonds is 3. The Hall–Kier alpha value is -1.61. The largest absolute Gasteiger partial charge is 0.326 e. The van der Waals surface area contributed by atoms with Crippen molar-refractivity contribution in [1.82, 2.24) is 0 Å². The number of anilines is 2. The van der Waals surface area contributed by atoms with Crippen LogP contribution in [0.2, 0.25) is 0 Å². The van der Waals surface area contributed by atoms with Crippen molar-refractivity contribution >= 4 is 49.9 Å². The van der Waals surface area contributed by atoms with Gasteiger partial charge >= 0.3 is 0 Å². The minimum Gasteiger partial charge on any atom is -0.326 e. The number of nitrogens with one attached hydrogen (secondary N) is 2. The van der Waals surface area contributed by atoms with Crippen LogP contribution in [-0.2, 0) is 21.2 Å². The normalized spacial score (nSPS) is 14.1. The molecule has 2 aromatic carbocycles. The molecule has 114 valence electrons. The smallest absolute Gasteiger partial charge is 0.261 e. The summed E-state index contributed by atoms with van der Waals surface area (Å²) in [7, 11) is -3.64. The van der Waals surface area contributed by atoms with Crippen molar-refractivity contribution in [3.8, 4) is 0 Å². The molecule has 1 amide bonds. The van der Waals surface area contributed by atoms with Crippen molar-refractivity contribution in [3.63, 3.8) is 0 Å². The van der Waals surface area contributed by atoms with E-state index in [0.717, 1.165) is 9.13 Å². The van der Waals surface area contributed by atoms with E-state index in [1.165, 1.54) is 6.07 Å². The van der Waals surface area contributed by atoms with Crippen LogP contribution in [0.4, 0.5) is 11.4 Å². The van der Waals surface area contributed by atoms with E-state index in [0.29, 0.717) is 24.2 Å². The number of carbonyl (C=O) groups excluding carboxylic acids is 1. The van der Waals surface area contributed by atoms with Gasteiger partial charge in [0, 0.05) is 21.4 Å². The molecule has 7 heteroatoms. The van der Waals surface area contributed by atoms with Crippen LogP contribution in [0.25, 0.3) is 0 Å². The number of aryl methyl sites for hydroxylation is 1. The number of hydrogen-bond donors (Lipinski definition) is 2. The second-order valence-electron chi connectivity index (χ2n) is 4.98. The van der Waals surface area contributed by atoms with Gasteiger partial charge in [-0.15, -0.1) is 0 Å². The second kappa shape index (κ2) is 5.88. The van der Waals surface area contributed by atoms with Crippen LogP contribution >= 0.6 is 22.6 Å². The van der Waals surface area contributed by atoms with Crippen LogP contribution in [0.3, 0.4) is 0 Å². The van der Waals surface area contributed by atoms with Gasteiger partial charge in [0.15, 0.2) is 0 Å². The molecular formula is C15H13IN2O3S. The van der Waals surface area contributed by atoms with Gasteiger partial charge in [-0.25, -0.2) is 8.42 Å². The number of halogens is 1. The second-order valence-corrected chi connectivity index (χ2v) is 7.91. The van der Waals surface area contributed by atoms with Crippen molar-refractivity contribution < 1.29 is 13.2 Å². The summed E-state index contributed by atoms with van der Waals surface area (Å²) >= 11 is 2.13. The third-order valence-electron chi connectivity index (χ3n) is 3.36. The van der Waals surface area contributed by atoms with Crippen LogP contribution < -0.4 is 10.0 Å². The quantitative estimate of drug-likeness (QED) is 0.739. The molecule has 1 heterocycles. The van der Waals surface area contributed by atoms with Crippen LogP contribution in [0.15, 0.2) is 47.4 Å². The van der Waals surface area contributed by atoms with Gasteiger partial charge in [0.25, 0.3) is 10.0 Å². The molecule has 22 heavy (non-hydrogen) atoms. The Labute approximate surface area is 142 Å². The maximum atomic E-state index is 12.5. The Morgan fingerprint density at radius 1 is 1.09 bits per heavy atom. The third kappa shape index (κ3) is 3.25. The summed E-state index contributed by atoms with van der Waals surface area (Å²) in [6.45, 7) is 0. The number of fused-ring (bicyclic) bond motifs is 1. The van der Waals surface area contributed by atoms with Gasteiger partial charge < -0.3 is 5.32 Å². The van der Waals surface area contributed by atoms with E-state index >= 15 is 0 Å². The fraction of sp³-hybridized carbons (Fsp3) is 0.133. The minimum atomic E-state index is -3.64. The van der Waals surface area contributed by atoms with Crippen molar-refractivity contribution in [2.75, 3.05) is 10.0 Å². The Morgan fingerprint density at radius 3 is 2.68 bits per heavy atom. The molecule has 3 rings (SSSR count). The Kier molecular flexibility index (Phi) is 4.09. The highest BCUT2D eigenvalue weighted by Crippen LogP contribution is 2.26. The van der Waals surface area contributed by atoms with Gasteiger partial charge in [-0.2, -0.15) is 0 Å².